The number of carbonyl (C=O) groups excluding carboxylic acids is 1. The van der Waals surface area contributed by atoms with Crippen LogP contribution in [0.25, 0.3) is 0 Å². The number of piperidine rings is 1. The lowest BCUT2D eigenvalue weighted by Crippen LogP contribution is -2.44. The van der Waals surface area contributed by atoms with Crippen molar-refractivity contribution < 1.29 is 19.4 Å². The molecule has 0 bridgehead atoms. The van der Waals surface area contributed by atoms with Crippen molar-refractivity contribution in [2.24, 2.45) is 5.92 Å². The first kappa shape index (κ1) is 16.6. The van der Waals surface area contributed by atoms with Gasteiger partial charge in [0.05, 0.1) is 18.2 Å². The Morgan fingerprint density at radius 1 is 1.50 bits per heavy atom. The molecule has 0 aromatic heterocycles. The molecule has 2 rings (SSSR count). The summed E-state index contributed by atoms with van der Waals surface area (Å²) in [5, 5.41) is 11.9. The second kappa shape index (κ2) is 7.49. The molecule has 1 fully saturated rings. The zero-order valence-electron chi connectivity index (χ0n) is 12.3. The number of halogens is 1. The van der Waals surface area contributed by atoms with Gasteiger partial charge in [-0.25, -0.2) is 4.79 Å². The minimum Gasteiger partial charge on any atom is -0.492 e. The highest BCUT2D eigenvalue weighted by Crippen LogP contribution is 2.29. The number of ether oxygens (including phenoxy) is 1. The number of rotatable bonds is 4. The Kier molecular flexibility index (Phi) is 5.65. The molecule has 1 aromatic rings. The molecule has 2 amide bonds. The number of carbonyl (C=O) groups is 2. The largest absolute Gasteiger partial charge is 0.492 e. The topological polar surface area (TPSA) is 78.9 Å². The van der Waals surface area contributed by atoms with E-state index in [1.807, 2.05) is 13.0 Å². The molecule has 7 heteroatoms. The molecular weight excluding hydrogens is 352 g/mol. The second-order valence-electron chi connectivity index (χ2n) is 5.13. The molecular formula is C15H19BrN2O4. The van der Waals surface area contributed by atoms with Gasteiger partial charge in [-0.05, 0) is 38.0 Å². The molecule has 1 aromatic carbocycles. The Balaban J connectivity index is 2.07. The van der Waals surface area contributed by atoms with Crippen LogP contribution in [0.15, 0.2) is 22.7 Å². The zero-order valence-corrected chi connectivity index (χ0v) is 13.9. The number of hydrogen-bond acceptors (Lipinski definition) is 3. The molecule has 0 aliphatic carbocycles. The number of amides is 2. The number of carboxylic acids is 1. The number of carboxylic acid groups (broad SMARTS) is 1. The van der Waals surface area contributed by atoms with Gasteiger partial charge in [0.1, 0.15) is 5.75 Å². The fourth-order valence-corrected chi connectivity index (χ4v) is 2.77. The average molecular weight is 371 g/mol. The summed E-state index contributed by atoms with van der Waals surface area (Å²) in [6.45, 7) is 3.16. The smallest absolute Gasteiger partial charge is 0.321 e. The molecule has 0 saturated carbocycles. The fraction of sp³-hybridized carbons (Fsp3) is 0.467. The SMILES string of the molecule is CCOc1cc(Br)ccc1NC(=O)N1CCCC(C(=O)O)C1. The lowest BCUT2D eigenvalue weighted by molar-refractivity contribution is -0.143. The molecule has 1 aliphatic rings. The molecule has 1 saturated heterocycles. The lowest BCUT2D eigenvalue weighted by atomic mass is 9.99. The van der Waals surface area contributed by atoms with Gasteiger partial charge in [-0.3, -0.25) is 4.79 Å². The molecule has 22 heavy (non-hydrogen) atoms. The van der Waals surface area contributed by atoms with Crippen LogP contribution in [0.4, 0.5) is 10.5 Å². The normalized spacial score (nSPS) is 17.9. The molecule has 0 spiro atoms. The maximum atomic E-state index is 12.3. The van der Waals surface area contributed by atoms with Crippen molar-refractivity contribution in [3.63, 3.8) is 0 Å². The van der Waals surface area contributed by atoms with Crippen LogP contribution in [-0.2, 0) is 4.79 Å². The van der Waals surface area contributed by atoms with E-state index in [0.29, 0.717) is 37.4 Å². The molecule has 0 radical (unpaired) electrons. The molecule has 1 unspecified atom stereocenters. The highest BCUT2D eigenvalue weighted by Gasteiger charge is 2.28. The monoisotopic (exact) mass is 370 g/mol. The van der Waals surface area contributed by atoms with E-state index in [0.717, 1.165) is 4.47 Å². The van der Waals surface area contributed by atoms with Crippen molar-refractivity contribution in [1.29, 1.82) is 0 Å². The summed E-state index contributed by atoms with van der Waals surface area (Å²) in [4.78, 5) is 24.9. The van der Waals surface area contributed by atoms with Gasteiger partial charge in [0.15, 0.2) is 0 Å². The first-order chi connectivity index (χ1) is 10.5. The van der Waals surface area contributed by atoms with Crippen LogP contribution in [0.3, 0.4) is 0 Å². The highest BCUT2D eigenvalue weighted by molar-refractivity contribution is 9.10. The Morgan fingerprint density at radius 2 is 2.27 bits per heavy atom. The number of aliphatic carboxylic acids is 1. The average Bonchev–Trinajstić information content (AvgIpc) is 2.50. The predicted molar refractivity (Wildman–Crippen MR) is 86.3 cm³/mol. The van der Waals surface area contributed by atoms with Crippen LogP contribution in [0.1, 0.15) is 19.8 Å². The minimum atomic E-state index is -0.851. The van der Waals surface area contributed by atoms with E-state index in [9.17, 15) is 9.59 Å². The van der Waals surface area contributed by atoms with Crippen LogP contribution in [-0.4, -0.2) is 41.7 Å². The standard InChI is InChI=1S/C15H19BrN2O4/c1-2-22-13-8-11(16)5-6-12(13)17-15(21)18-7-3-4-10(9-18)14(19)20/h5-6,8,10H,2-4,7,9H2,1H3,(H,17,21)(H,19,20). The summed E-state index contributed by atoms with van der Waals surface area (Å²) in [5.74, 6) is -0.760. The van der Waals surface area contributed by atoms with E-state index in [1.165, 1.54) is 0 Å². The lowest BCUT2D eigenvalue weighted by Gasteiger charge is -2.30. The van der Waals surface area contributed by atoms with Crippen LogP contribution in [0.2, 0.25) is 0 Å². The maximum Gasteiger partial charge on any atom is 0.321 e. The van der Waals surface area contributed by atoms with E-state index in [1.54, 1.807) is 17.0 Å². The number of benzene rings is 1. The summed E-state index contributed by atoms with van der Waals surface area (Å²) in [7, 11) is 0. The Bertz CT molecular complexity index is 564. The van der Waals surface area contributed by atoms with Crippen LogP contribution in [0.5, 0.6) is 5.75 Å². The van der Waals surface area contributed by atoms with Crippen molar-refractivity contribution in [3.8, 4) is 5.75 Å². The third kappa shape index (κ3) is 4.13. The van der Waals surface area contributed by atoms with Gasteiger partial charge in [-0.2, -0.15) is 0 Å². The van der Waals surface area contributed by atoms with Gasteiger partial charge in [0.2, 0.25) is 0 Å². The van der Waals surface area contributed by atoms with Crippen molar-refractivity contribution in [2.45, 2.75) is 19.8 Å². The second-order valence-corrected chi connectivity index (χ2v) is 6.04. The summed E-state index contributed by atoms with van der Waals surface area (Å²) < 4.78 is 6.37. The Labute approximate surface area is 137 Å². The van der Waals surface area contributed by atoms with Crippen LogP contribution >= 0.6 is 15.9 Å². The van der Waals surface area contributed by atoms with Crippen molar-refractivity contribution in [1.82, 2.24) is 4.90 Å². The predicted octanol–water partition coefficient (Wildman–Crippen LogP) is 3.18. The molecule has 120 valence electrons. The Hall–Kier alpha value is -1.76. The van der Waals surface area contributed by atoms with Crippen molar-refractivity contribution >= 4 is 33.6 Å². The van der Waals surface area contributed by atoms with Crippen molar-refractivity contribution in [2.75, 3.05) is 25.0 Å². The van der Waals surface area contributed by atoms with E-state index < -0.39 is 11.9 Å². The first-order valence-corrected chi connectivity index (χ1v) is 8.01. The van der Waals surface area contributed by atoms with Crippen LogP contribution in [0, 0.1) is 5.92 Å². The molecule has 1 aliphatic heterocycles. The van der Waals surface area contributed by atoms with E-state index in [2.05, 4.69) is 21.2 Å². The first-order valence-electron chi connectivity index (χ1n) is 7.22. The quantitative estimate of drug-likeness (QED) is 0.852. The minimum absolute atomic E-state index is 0.238. The molecule has 6 nitrogen and oxygen atoms in total. The fourth-order valence-electron chi connectivity index (χ4n) is 2.43. The van der Waals surface area contributed by atoms with E-state index in [-0.39, 0.29) is 12.6 Å². The third-order valence-corrected chi connectivity index (χ3v) is 4.04. The Morgan fingerprint density at radius 3 is 2.95 bits per heavy atom. The van der Waals surface area contributed by atoms with Gasteiger partial charge in [0.25, 0.3) is 0 Å². The van der Waals surface area contributed by atoms with E-state index >= 15 is 0 Å². The third-order valence-electron chi connectivity index (χ3n) is 3.54. The summed E-state index contributed by atoms with van der Waals surface area (Å²) >= 11 is 3.36. The van der Waals surface area contributed by atoms with Gasteiger partial charge in [-0.1, -0.05) is 15.9 Å². The summed E-state index contributed by atoms with van der Waals surface area (Å²) in [5.41, 5.74) is 0.576. The molecule has 1 heterocycles. The number of hydrogen-bond donors (Lipinski definition) is 2. The number of urea groups is 1. The number of nitrogens with zero attached hydrogens (tertiary/aromatic N) is 1. The molecule has 1 atom stereocenters. The van der Waals surface area contributed by atoms with Gasteiger partial charge >= 0.3 is 12.0 Å². The van der Waals surface area contributed by atoms with Gasteiger partial charge in [0, 0.05) is 17.6 Å². The molecule has 2 N–H and O–H groups in total. The summed E-state index contributed by atoms with van der Waals surface area (Å²) in [6, 6.07) is 5.06. The van der Waals surface area contributed by atoms with Crippen molar-refractivity contribution in [3.05, 3.63) is 22.7 Å². The van der Waals surface area contributed by atoms with Crippen LogP contribution < -0.4 is 10.1 Å². The highest BCUT2D eigenvalue weighted by atomic mass is 79.9. The number of nitrogens with one attached hydrogen (secondary N) is 1. The number of likely N-dealkylation sites (tertiary alicyclic amines) is 1. The van der Waals surface area contributed by atoms with E-state index in [4.69, 9.17) is 9.84 Å². The van der Waals surface area contributed by atoms with Gasteiger partial charge in [-0.15, -0.1) is 0 Å². The maximum absolute atomic E-state index is 12.3. The number of anilines is 1. The zero-order chi connectivity index (χ0) is 16.1. The van der Waals surface area contributed by atoms with Gasteiger partial charge < -0.3 is 20.1 Å². The summed E-state index contributed by atoms with van der Waals surface area (Å²) in [6.07, 6.45) is 1.31.